The predicted octanol–water partition coefficient (Wildman–Crippen LogP) is 4.99. The molecule has 36 heavy (non-hydrogen) atoms. The maximum Gasteiger partial charge on any atom is 0.306 e. The van der Waals surface area contributed by atoms with Gasteiger partial charge < -0.3 is 20.5 Å². The van der Waals surface area contributed by atoms with Crippen LogP contribution in [0.25, 0.3) is 11.1 Å². The lowest BCUT2D eigenvalue weighted by Crippen LogP contribution is -2.31. The average molecular weight is 514 g/mol. The van der Waals surface area contributed by atoms with Gasteiger partial charge in [0.2, 0.25) is 5.91 Å². The van der Waals surface area contributed by atoms with Gasteiger partial charge in [-0.3, -0.25) is 15.0 Å². The van der Waals surface area contributed by atoms with Crippen molar-refractivity contribution < 1.29 is 19.1 Å². The molecule has 2 aromatic rings. The number of nitrogens with two attached hydrogens (primary N) is 1. The van der Waals surface area contributed by atoms with Gasteiger partial charge in [0.15, 0.2) is 0 Å². The van der Waals surface area contributed by atoms with Crippen LogP contribution in [0.3, 0.4) is 0 Å². The lowest BCUT2D eigenvalue weighted by atomic mass is 9.98. The Hall–Kier alpha value is -3.06. The summed E-state index contributed by atoms with van der Waals surface area (Å²) < 4.78 is 11.6. The number of carbonyl (C=O) groups is 2. The highest BCUT2D eigenvalue weighted by Crippen LogP contribution is 2.26. The number of nitrogen functional groups attached to an aromatic ring is 1. The van der Waals surface area contributed by atoms with Crippen LogP contribution in [0.1, 0.15) is 63.4 Å². The molecule has 1 heterocycles. The van der Waals surface area contributed by atoms with Gasteiger partial charge in [-0.1, -0.05) is 55.7 Å². The van der Waals surface area contributed by atoms with Gasteiger partial charge in [-0.05, 0) is 55.4 Å². The number of amidine groups is 1. The summed E-state index contributed by atoms with van der Waals surface area (Å²) in [5.74, 6) is 0.0516. The van der Waals surface area contributed by atoms with Gasteiger partial charge in [0.1, 0.15) is 24.3 Å². The molecule has 1 aliphatic carbocycles. The van der Waals surface area contributed by atoms with E-state index in [1.165, 1.54) is 19.3 Å². The molecule has 4 rings (SSSR count). The van der Waals surface area contributed by atoms with E-state index in [2.05, 4.69) is 5.32 Å². The molecule has 1 saturated carbocycles. The van der Waals surface area contributed by atoms with Crippen molar-refractivity contribution in [3.63, 3.8) is 0 Å². The summed E-state index contributed by atoms with van der Waals surface area (Å²) >= 11 is 0. The molecule has 0 bridgehead atoms. The molecule has 1 saturated heterocycles. The highest BCUT2D eigenvalue weighted by molar-refractivity contribution is 5.95. The van der Waals surface area contributed by atoms with E-state index in [9.17, 15) is 9.59 Å². The summed E-state index contributed by atoms with van der Waals surface area (Å²) in [7, 11) is 0. The van der Waals surface area contributed by atoms with Crippen molar-refractivity contribution in [3.8, 4) is 16.9 Å². The molecule has 1 aliphatic heterocycles. The largest absolute Gasteiger partial charge is 0.491 e. The van der Waals surface area contributed by atoms with Crippen molar-refractivity contribution in [1.82, 2.24) is 5.32 Å². The molecule has 8 heteroatoms. The van der Waals surface area contributed by atoms with Crippen molar-refractivity contribution in [1.29, 1.82) is 5.41 Å². The number of benzene rings is 2. The molecule has 4 N–H and O–H groups in total. The Kier molecular flexibility index (Phi) is 10.2. The number of amides is 1. The fraction of sp³-hybridized carbons (Fsp3) is 0.464. The summed E-state index contributed by atoms with van der Waals surface area (Å²) in [5.41, 5.74) is 8.27. The zero-order valence-corrected chi connectivity index (χ0v) is 21.4. The van der Waals surface area contributed by atoms with Gasteiger partial charge in [-0.2, -0.15) is 0 Å². The van der Waals surface area contributed by atoms with E-state index in [1.807, 2.05) is 48.5 Å². The van der Waals surface area contributed by atoms with Gasteiger partial charge in [-0.25, -0.2) is 0 Å². The first-order valence-electron chi connectivity index (χ1n) is 12.7. The third kappa shape index (κ3) is 7.72. The van der Waals surface area contributed by atoms with E-state index in [1.54, 1.807) is 0 Å². The smallest absolute Gasteiger partial charge is 0.306 e. The zero-order valence-electron chi connectivity index (χ0n) is 20.5. The second-order valence-electron chi connectivity index (χ2n) is 9.63. The average Bonchev–Trinajstić information content (AvgIpc) is 3.18. The monoisotopic (exact) mass is 513 g/mol. The summed E-state index contributed by atoms with van der Waals surface area (Å²) in [5, 5.41) is 10.4. The molecular formula is C28H36ClN3O4. The van der Waals surface area contributed by atoms with Crippen LogP contribution < -0.4 is 15.8 Å². The number of nitrogens with one attached hydrogen (secondary N) is 2. The molecule has 2 aromatic carbocycles. The standard InChI is InChI=1S/C28H35N3O4.ClH/c29-27(30)21-10-8-19(9-11-21)20-12-14-24(15-13-20)34-18-23-16-22(28(33)31-23)17-26(32)35-25-6-4-2-1-3-5-7-25;/h8-15,22-23,25H,1-7,16-18H2,(H3,29,30)(H,31,33);1H/t22-,23-;/m0./s1. The first kappa shape index (κ1) is 27.5. The van der Waals surface area contributed by atoms with Crippen molar-refractivity contribution in [2.75, 3.05) is 6.61 Å². The summed E-state index contributed by atoms with van der Waals surface area (Å²) in [6.07, 6.45) is 8.46. The van der Waals surface area contributed by atoms with Crippen LogP contribution in [0.2, 0.25) is 0 Å². The lowest BCUT2D eigenvalue weighted by Gasteiger charge is -2.20. The van der Waals surface area contributed by atoms with Gasteiger partial charge >= 0.3 is 5.97 Å². The van der Waals surface area contributed by atoms with Crippen molar-refractivity contribution in [2.45, 2.75) is 69.9 Å². The minimum absolute atomic E-state index is 0. The second-order valence-corrected chi connectivity index (χ2v) is 9.63. The summed E-state index contributed by atoms with van der Waals surface area (Å²) in [6.45, 7) is 0.354. The Bertz CT molecular complexity index is 1020. The predicted molar refractivity (Wildman–Crippen MR) is 142 cm³/mol. The van der Waals surface area contributed by atoms with Crippen LogP contribution in [0, 0.1) is 11.3 Å². The van der Waals surface area contributed by atoms with Crippen molar-refractivity contribution >= 4 is 30.1 Å². The fourth-order valence-electron chi connectivity index (χ4n) is 4.87. The number of carbonyl (C=O) groups excluding carboxylic acids is 2. The van der Waals surface area contributed by atoms with Crippen LogP contribution >= 0.6 is 12.4 Å². The Labute approximate surface area is 219 Å². The molecule has 0 radical (unpaired) electrons. The van der Waals surface area contributed by atoms with Crippen LogP contribution in [-0.2, 0) is 14.3 Å². The van der Waals surface area contributed by atoms with E-state index >= 15 is 0 Å². The Balaban J connectivity index is 0.00000361. The molecular weight excluding hydrogens is 478 g/mol. The Morgan fingerprint density at radius 1 is 0.944 bits per heavy atom. The van der Waals surface area contributed by atoms with Gasteiger partial charge in [0.05, 0.1) is 18.4 Å². The van der Waals surface area contributed by atoms with E-state index in [0.29, 0.717) is 18.6 Å². The normalized spacial score (nSPS) is 20.4. The number of rotatable bonds is 8. The second kappa shape index (κ2) is 13.3. The maximum absolute atomic E-state index is 12.4. The summed E-state index contributed by atoms with van der Waals surface area (Å²) in [4.78, 5) is 24.8. The minimum Gasteiger partial charge on any atom is -0.491 e. The SMILES string of the molecule is Cl.N=C(N)c1ccc(-c2ccc(OC[C@@H]3C[C@@H](CC(=O)OC4CCCCCCC4)C(=O)N3)cc2)cc1. The highest BCUT2D eigenvalue weighted by atomic mass is 35.5. The van der Waals surface area contributed by atoms with E-state index < -0.39 is 0 Å². The molecule has 1 amide bonds. The fourth-order valence-corrected chi connectivity index (χ4v) is 4.87. The van der Waals surface area contributed by atoms with Gasteiger partial charge in [0, 0.05) is 5.56 Å². The van der Waals surface area contributed by atoms with E-state index in [4.69, 9.17) is 20.6 Å². The first-order valence-corrected chi connectivity index (χ1v) is 12.7. The number of esters is 1. The number of hydrogen-bond donors (Lipinski definition) is 3. The molecule has 0 spiro atoms. The molecule has 2 fully saturated rings. The highest BCUT2D eigenvalue weighted by Gasteiger charge is 2.34. The topological polar surface area (TPSA) is 115 Å². The number of halogens is 1. The minimum atomic E-state index is -0.356. The molecule has 0 unspecified atom stereocenters. The zero-order chi connectivity index (χ0) is 24.6. The van der Waals surface area contributed by atoms with Crippen LogP contribution in [0.5, 0.6) is 5.75 Å². The third-order valence-electron chi connectivity index (χ3n) is 6.88. The number of hydrogen-bond acceptors (Lipinski definition) is 5. The van der Waals surface area contributed by atoms with Crippen molar-refractivity contribution in [2.24, 2.45) is 11.7 Å². The van der Waals surface area contributed by atoms with Crippen LogP contribution in [0.4, 0.5) is 0 Å². The molecule has 7 nitrogen and oxygen atoms in total. The Morgan fingerprint density at radius 3 is 2.14 bits per heavy atom. The maximum atomic E-state index is 12.4. The molecule has 194 valence electrons. The summed E-state index contributed by atoms with van der Waals surface area (Å²) in [6, 6.07) is 15.1. The molecule has 2 atom stereocenters. The van der Waals surface area contributed by atoms with Gasteiger partial charge in [-0.15, -0.1) is 12.4 Å². The Morgan fingerprint density at radius 2 is 1.53 bits per heavy atom. The molecule has 2 aliphatic rings. The third-order valence-corrected chi connectivity index (χ3v) is 6.88. The quantitative estimate of drug-likeness (QED) is 0.261. The molecule has 0 aromatic heterocycles. The van der Waals surface area contributed by atoms with E-state index in [0.717, 1.165) is 42.6 Å². The lowest BCUT2D eigenvalue weighted by molar-refractivity contribution is -0.152. The van der Waals surface area contributed by atoms with Crippen LogP contribution in [-0.4, -0.2) is 36.5 Å². The van der Waals surface area contributed by atoms with Crippen molar-refractivity contribution in [3.05, 3.63) is 54.1 Å². The first-order chi connectivity index (χ1) is 17.0. The van der Waals surface area contributed by atoms with Gasteiger partial charge in [0.25, 0.3) is 0 Å². The number of ether oxygens (including phenoxy) is 2. The van der Waals surface area contributed by atoms with Crippen LogP contribution in [0.15, 0.2) is 48.5 Å². The van der Waals surface area contributed by atoms with E-state index in [-0.39, 0.29) is 54.6 Å².